The molecule has 0 spiro atoms. The Hall–Kier alpha value is -1.30. The van der Waals surface area contributed by atoms with Crippen LogP contribution in [0, 0.1) is 13.8 Å². The number of hydrogen-bond acceptors (Lipinski definition) is 0. The molecule has 0 N–H and O–H groups in total. The van der Waals surface area contributed by atoms with Crippen LogP contribution < -0.4 is 0 Å². The second kappa shape index (κ2) is 4.08. The first-order chi connectivity index (χ1) is 6.15. The summed E-state index contributed by atoms with van der Waals surface area (Å²) >= 11 is 0. The van der Waals surface area contributed by atoms with Crippen molar-refractivity contribution in [2.75, 3.05) is 0 Å². The van der Waals surface area contributed by atoms with Gasteiger partial charge in [-0.25, -0.2) is 0 Å². The largest absolute Gasteiger partial charge is 0.0988 e. The Bertz CT molecular complexity index is 343. The minimum absolute atomic E-state index is 1.20. The molecule has 0 aliphatic heterocycles. The first-order valence-electron chi connectivity index (χ1n) is 4.52. The van der Waals surface area contributed by atoms with Gasteiger partial charge in [0.25, 0.3) is 0 Å². The Morgan fingerprint density at radius 2 is 2.00 bits per heavy atom. The lowest BCUT2D eigenvalue weighted by atomic mass is 10.0. The highest BCUT2D eigenvalue weighted by Crippen LogP contribution is 2.15. The Kier molecular flexibility index (Phi) is 3.07. The molecule has 0 heteroatoms. The first kappa shape index (κ1) is 9.79. The van der Waals surface area contributed by atoms with Gasteiger partial charge in [-0.3, -0.25) is 0 Å². The van der Waals surface area contributed by atoms with Gasteiger partial charge in [0.1, 0.15) is 0 Å². The smallest absolute Gasteiger partial charge is 0.0222 e. The van der Waals surface area contributed by atoms with Crippen LogP contribution in [0.15, 0.2) is 36.4 Å². The maximum atomic E-state index is 3.74. The first-order valence-corrected chi connectivity index (χ1v) is 4.52. The summed E-state index contributed by atoms with van der Waals surface area (Å²) in [5.41, 5.74) is 5.18. The molecule has 1 rings (SSSR count). The second-order valence-electron chi connectivity index (χ2n) is 3.38. The van der Waals surface area contributed by atoms with Crippen molar-refractivity contribution in [3.63, 3.8) is 0 Å². The molecule has 0 radical (unpaired) electrons. The average Bonchev–Trinajstić information content (AvgIpc) is 2.13. The van der Waals surface area contributed by atoms with E-state index in [9.17, 15) is 0 Å². The van der Waals surface area contributed by atoms with E-state index >= 15 is 0 Å². The minimum atomic E-state index is 1.20. The van der Waals surface area contributed by atoms with Crippen LogP contribution in [-0.4, -0.2) is 0 Å². The molecule has 1 aromatic rings. The highest BCUT2D eigenvalue weighted by atomic mass is 14.0. The maximum absolute atomic E-state index is 3.74. The molecule has 1 aromatic carbocycles. The average molecular weight is 172 g/mol. The third-order valence-electron chi connectivity index (χ3n) is 2.35. The van der Waals surface area contributed by atoms with Crippen molar-refractivity contribution in [1.29, 1.82) is 0 Å². The van der Waals surface area contributed by atoms with Gasteiger partial charge in [0.2, 0.25) is 0 Å². The molecular weight excluding hydrogens is 156 g/mol. The Morgan fingerprint density at radius 1 is 1.31 bits per heavy atom. The summed E-state index contributed by atoms with van der Waals surface area (Å²) in [5.74, 6) is 0. The van der Waals surface area contributed by atoms with Crippen molar-refractivity contribution in [1.82, 2.24) is 0 Å². The predicted octanol–water partition coefficient (Wildman–Crippen LogP) is 3.89. The van der Waals surface area contributed by atoms with Crippen LogP contribution in [0.2, 0.25) is 0 Å². The van der Waals surface area contributed by atoms with E-state index in [1.54, 1.807) is 0 Å². The van der Waals surface area contributed by atoms with E-state index in [1.807, 2.05) is 6.08 Å². The fraction of sp³-hybridized carbons (Fsp3) is 0.231. The van der Waals surface area contributed by atoms with Gasteiger partial charge < -0.3 is 0 Å². The van der Waals surface area contributed by atoms with E-state index in [4.69, 9.17) is 0 Å². The Balaban J connectivity index is 3.16. The van der Waals surface area contributed by atoms with Crippen LogP contribution in [0.1, 0.15) is 23.6 Å². The van der Waals surface area contributed by atoms with Gasteiger partial charge in [0.05, 0.1) is 0 Å². The molecule has 0 aliphatic carbocycles. The molecule has 0 bridgehead atoms. The fourth-order valence-electron chi connectivity index (χ4n) is 1.23. The summed E-state index contributed by atoms with van der Waals surface area (Å²) in [7, 11) is 0. The zero-order chi connectivity index (χ0) is 9.84. The van der Waals surface area contributed by atoms with Gasteiger partial charge in [-0.15, -0.1) is 0 Å². The maximum Gasteiger partial charge on any atom is -0.0222 e. The quantitative estimate of drug-likeness (QED) is 0.594. The predicted molar refractivity (Wildman–Crippen MR) is 59.8 cm³/mol. The molecule has 0 amide bonds. The fourth-order valence-corrected chi connectivity index (χ4v) is 1.23. The zero-order valence-corrected chi connectivity index (χ0v) is 8.59. The number of rotatable bonds is 2. The second-order valence-corrected chi connectivity index (χ2v) is 3.38. The molecule has 0 atom stereocenters. The van der Waals surface area contributed by atoms with Gasteiger partial charge in [-0.1, -0.05) is 42.5 Å². The minimum Gasteiger partial charge on any atom is -0.0988 e. The van der Waals surface area contributed by atoms with Crippen LogP contribution in [-0.2, 0) is 0 Å². The van der Waals surface area contributed by atoms with E-state index in [1.165, 1.54) is 22.3 Å². The van der Waals surface area contributed by atoms with Gasteiger partial charge >= 0.3 is 0 Å². The van der Waals surface area contributed by atoms with E-state index in [0.29, 0.717) is 0 Å². The Morgan fingerprint density at radius 3 is 2.62 bits per heavy atom. The molecule has 0 saturated heterocycles. The molecule has 0 saturated carbocycles. The van der Waals surface area contributed by atoms with Crippen LogP contribution in [0.5, 0.6) is 0 Å². The number of benzene rings is 1. The van der Waals surface area contributed by atoms with Crippen molar-refractivity contribution in [2.45, 2.75) is 20.8 Å². The van der Waals surface area contributed by atoms with E-state index < -0.39 is 0 Å². The third kappa shape index (κ3) is 2.32. The molecule has 0 fully saturated rings. The van der Waals surface area contributed by atoms with Crippen LogP contribution >= 0.6 is 0 Å². The Labute approximate surface area is 80.6 Å². The van der Waals surface area contributed by atoms with Gasteiger partial charge in [-0.05, 0) is 37.5 Å². The summed E-state index contributed by atoms with van der Waals surface area (Å²) in [6.07, 6.45) is 4.04. The SMILES string of the molecule is C=C/C(C)=C\c1cccc(C)c1C. The summed E-state index contributed by atoms with van der Waals surface area (Å²) in [5, 5.41) is 0. The van der Waals surface area contributed by atoms with Crippen LogP contribution in [0.25, 0.3) is 6.08 Å². The van der Waals surface area contributed by atoms with Crippen LogP contribution in [0.3, 0.4) is 0 Å². The van der Waals surface area contributed by atoms with E-state index in [-0.39, 0.29) is 0 Å². The van der Waals surface area contributed by atoms with Gasteiger partial charge in [0.15, 0.2) is 0 Å². The van der Waals surface area contributed by atoms with E-state index in [2.05, 4.69) is 51.6 Å². The van der Waals surface area contributed by atoms with Crippen molar-refractivity contribution in [2.24, 2.45) is 0 Å². The third-order valence-corrected chi connectivity index (χ3v) is 2.35. The number of hydrogen-bond donors (Lipinski definition) is 0. The lowest BCUT2D eigenvalue weighted by Gasteiger charge is -2.04. The lowest BCUT2D eigenvalue weighted by molar-refractivity contribution is 1.32. The van der Waals surface area contributed by atoms with Crippen molar-refractivity contribution in [3.8, 4) is 0 Å². The monoisotopic (exact) mass is 172 g/mol. The summed E-state index contributed by atoms with van der Waals surface area (Å²) in [6, 6.07) is 6.36. The molecule has 68 valence electrons. The summed E-state index contributed by atoms with van der Waals surface area (Å²) < 4.78 is 0. The van der Waals surface area contributed by atoms with Crippen LogP contribution in [0.4, 0.5) is 0 Å². The molecule has 13 heavy (non-hydrogen) atoms. The highest BCUT2D eigenvalue weighted by Gasteiger charge is 1.96. The van der Waals surface area contributed by atoms with Crippen molar-refractivity contribution < 1.29 is 0 Å². The summed E-state index contributed by atoms with van der Waals surface area (Å²) in [6.45, 7) is 10.1. The molecule has 0 aliphatic rings. The molecule has 0 unspecified atom stereocenters. The van der Waals surface area contributed by atoms with Crippen molar-refractivity contribution >= 4 is 6.08 Å². The standard InChI is InChI=1S/C13H16/c1-5-10(2)9-13-8-6-7-11(3)12(13)4/h5-9H,1H2,2-4H3/b10-9-. The summed E-state index contributed by atoms with van der Waals surface area (Å²) in [4.78, 5) is 0. The molecular formula is C13H16. The van der Waals surface area contributed by atoms with Gasteiger partial charge in [0, 0.05) is 0 Å². The molecule has 0 heterocycles. The van der Waals surface area contributed by atoms with Crippen molar-refractivity contribution in [3.05, 3.63) is 53.1 Å². The van der Waals surface area contributed by atoms with E-state index in [0.717, 1.165) is 0 Å². The molecule has 0 aromatic heterocycles. The zero-order valence-electron chi connectivity index (χ0n) is 8.59. The number of aryl methyl sites for hydroxylation is 1. The topological polar surface area (TPSA) is 0 Å². The molecule has 0 nitrogen and oxygen atoms in total. The van der Waals surface area contributed by atoms with Gasteiger partial charge in [-0.2, -0.15) is 0 Å². The number of allylic oxidation sites excluding steroid dienone is 2. The highest BCUT2D eigenvalue weighted by molar-refractivity contribution is 5.59. The lowest BCUT2D eigenvalue weighted by Crippen LogP contribution is -1.85. The normalized spacial score (nSPS) is 11.5.